The fourth-order valence-corrected chi connectivity index (χ4v) is 1.20. The molecule has 2 amide bonds. The highest BCUT2D eigenvalue weighted by Gasteiger charge is 2.14. The number of pyridine rings is 1. The van der Waals surface area contributed by atoms with E-state index >= 15 is 0 Å². The van der Waals surface area contributed by atoms with Crippen molar-refractivity contribution in [3.05, 3.63) is 23.5 Å². The first-order chi connectivity index (χ1) is 8.04. The summed E-state index contributed by atoms with van der Waals surface area (Å²) in [6, 6.07) is 5.12. The number of carbonyl (C=O) groups excluding carboxylic acids is 2. The first-order valence-corrected chi connectivity index (χ1v) is 4.95. The maximum Gasteiger partial charge on any atom is 0.313 e. The standard InChI is InChI=1S/C11H12N4O2/c1-7-3-4-9(8(2)14-7)15-11(17)10(16)13-6-5-12/h3-4H,6H2,1-2H3,(H,13,16)(H,15,17). The van der Waals surface area contributed by atoms with E-state index < -0.39 is 11.8 Å². The van der Waals surface area contributed by atoms with Crippen molar-refractivity contribution in [2.45, 2.75) is 13.8 Å². The molecule has 0 bridgehead atoms. The quantitative estimate of drug-likeness (QED) is 0.565. The van der Waals surface area contributed by atoms with Crippen molar-refractivity contribution < 1.29 is 9.59 Å². The second-order valence-electron chi connectivity index (χ2n) is 3.38. The van der Waals surface area contributed by atoms with E-state index in [0.717, 1.165) is 5.69 Å². The zero-order valence-electron chi connectivity index (χ0n) is 9.57. The molecule has 1 aromatic heterocycles. The number of hydrogen-bond donors (Lipinski definition) is 2. The Labute approximate surface area is 98.7 Å². The SMILES string of the molecule is Cc1ccc(NC(=O)C(=O)NCC#N)c(C)n1. The average molecular weight is 232 g/mol. The minimum absolute atomic E-state index is 0.197. The lowest BCUT2D eigenvalue weighted by molar-refractivity contribution is -0.136. The highest BCUT2D eigenvalue weighted by Crippen LogP contribution is 2.12. The van der Waals surface area contributed by atoms with Gasteiger partial charge in [0.15, 0.2) is 0 Å². The summed E-state index contributed by atoms with van der Waals surface area (Å²) in [7, 11) is 0. The molecule has 17 heavy (non-hydrogen) atoms. The Balaban J connectivity index is 2.68. The predicted octanol–water partition coefficient (Wildman–Crippen LogP) is 0.277. The normalized spacial score (nSPS) is 9.24. The van der Waals surface area contributed by atoms with Gasteiger partial charge in [-0.05, 0) is 26.0 Å². The summed E-state index contributed by atoms with van der Waals surface area (Å²) in [5.74, 6) is -1.65. The zero-order valence-corrected chi connectivity index (χ0v) is 9.57. The summed E-state index contributed by atoms with van der Waals surface area (Å²) in [4.78, 5) is 26.7. The molecule has 1 aromatic rings. The molecule has 1 rings (SSSR count). The molecule has 88 valence electrons. The number of nitriles is 1. The van der Waals surface area contributed by atoms with Crippen molar-refractivity contribution in [3.8, 4) is 6.07 Å². The van der Waals surface area contributed by atoms with E-state index in [-0.39, 0.29) is 6.54 Å². The van der Waals surface area contributed by atoms with Crippen molar-refractivity contribution in [2.24, 2.45) is 0 Å². The van der Waals surface area contributed by atoms with Crippen LogP contribution < -0.4 is 10.6 Å². The van der Waals surface area contributed by atoms with E-state index in [1.54, 1.807) is 25.1 Å². The molecule has 0 aliphatic carbocycles. The lowest BCUT2D eigenvalue weighted by atomic mass is 10.2. The molecule has 0 saturated heterocycles. The predicted molar refractivity (Wildman–Crippen MR) is 61.0 cm³/mol. The molecule has 0 atom stereocenters. The first-order valence-electron chi connectivity index (χ1n) is 4.95. The van der Waals surface area contributed by atoms with Crippen molar-refractivity contribution >= 4 is 17.5 Å². The second-order valence-corrected chi connectivity index (χ2v) is 3.38. The van der Waals surface area contributed by atoms with Gasteiger partial charge in [-0.25, -0.2) is 0 Å². The Morgan fingerprint density at radius 3 is 2.65 bits per heavy atom. The largest absolute Gasteiger partial charge is 0.335 e. The van der Waals surface area contributed by atoms with Crippen LogP contribution in [-0.4, -0.2) is 23.3 Å². The molecule has 6 nitrogen and oxygen atoms in total. The number of nitrogens with zero attached hydrogens (tertiary/aromatic N) is 2. The van der Waals surface area contributed by atoms with Crippen LogP contribution in [0.1, 0.15) is 11.4 Å². The van der Waals surface area contributed by atoms with E-state index in [9.17, 15) is 9.59 Å². The van der Waals surface area contributed by atoms with Gasteiger partial charge < -0.3 is 10.6 Å². The van der Waals surface area contributed by atoms with Gasteiger partial charge in [-0.3, -0.25) is 14.6 Å². The minimum Gasteiger partial charge on any atom is -0.335 e. The number of aromatic nitrogens is 1. The third kappa shape index (κ3) is 3.57. The van der Waals surface area contributed by atoms with Gasteiger partial charge in [0.1, 0.15) is 6.54 Å². The van der Waals surface area contributed by atoms with Crippen molar-refractivity contribution in [3.63, 3.8) is 0 Å². The summed E-state index contributed by atoms with van der Waals surface area (Å²) in [6.07, 6.45) is 0. The van der Waals surface area contributed by atoms with Gasteiger partial charge in [0.2, 0.25) is 0 Å². The molecule has 0 aliphatic heterocycles. The minimum atomic E-state index is -0.841. The van der Waals surface area contributed by atoms with E-state index in [1.165, 1.54) is 0 Å². The van der Waals surface area contributed by atoms with Gasteiger partial charge in [0, 0.05) is 5.69 Å². The van der Waals surface area contributed by atoms with Crippen LogP contribution in [0.25, 0.3) is 0 Å². The summed E-state index contributed by atoms with van der Waals surface area (Å²) in [5, 5.41) is 12.8. The number of nitrogens with one attached hydrogen (secondary N) is 2. The number of amides is 2. The summed E-state index contributed by atoms with van der Waals surface area (Å²) >= 11 is 0. The maximum absolute atomic E-state index is 11.4. The van der Waals surface area contributed by atoms with Gasteiger partial charge in [-0.15, -0.1) is 0 Å². The Morgan fingerprint density at radius 2 is 2.06 bits per heavy atom. The lowest BCUT2D eigenvalue weighted by Gasteiger charge is -2.07. The second kappa shape index (κ2) is 5.61. The van der Waals surface area contributed by atoms with Gasteiger partial charge in [0.05, 0.1) is 17.5 Å². The van der Waals surface area contributed by atoms with Crippen LogP contribution in [0, 0.1) is 25.2 Å². The van der Waals surface area contributed by atoms with Crippen molar-refractivity contribution in [1.82, 2.24) is 10.3 Å². The van der Waals surface area contributed by atoms with Crippen LogP contribution in [0.2, 0.25) is 0 Å². The van der Waals surface area contributed by atoms with Crippen LogP contribution in [0.5, 0.6) is 0 Å². The molecule has 0 radical (unpaired) electrons. The van der Waals surface area contributed by atoms with Gasteiger partial charge >= 0.3 is 11.8 Å². The molecule has 0 spiro atoms. The van der Waals surface area contributed by atoms with E-state index in [1.807, 2.05) is 6.92 Å². The van der Waals surface area contributed by atoms with Crippen LogP contribution >= 0.6 is 0 Å². The molecule has 6 heteroatoms. The molecular formula is C11H12N4O2. The van der Waals surface area contributed by atoms with Crippen LogP contribution in [0.15, 0.2) is 12.1 Å². The Bertz CT molecular complexity index is 491. The fraction of sp³-hybridized carbons (Fsp3) is 0.273. The van der Waals surface area contributed by atoms with Gasteiger partial charge in [0.25, 0.3) is 0 Å². The monoisotopic (exact) mass is 232 g/mol. The van der Waals surface area contributed by atoms with Gasteiger partial charge in [-0.2, -0.15) is 5.26 Å². The molecule has 2 N–H and O–H groups in total. The van der Waals surface area contributed by atoms with E-state index in [4.69, 9.17) is 5.26 Å². The lowest BCUT2D eigenvalue weighted by Crippen LogP contribution is -2.35. The number of aryl methyl sites for hydroxylation is 2. The Kier molecular flexibility index (Phi) is 4.17. The molecule has 1 heterocycles. The molecule has 0 unspecified atom stereocenters. The third-order valence-corrected chi connectivity index (χ3v) is 2.01. The van der Waals surface area contributed by atoms with E-state index in [2.05, 4.69) is 15.6 Å². The highest BCUT2D eigenvalue weighted by atomic mass is 16.2. The summed E-state index contributed by atoms with van der Waals surface area (Å²) in [5.41, 5.74) is 1.94. The smallest absolute Gasteiger partial charge is 0.313 e. The van der Waals surface area contributed by atoms with Crippen molar-refractivity contribution in [1.29, 1.82) is 5.26 Å². The zero-order chi connectivity index (χ0) is 12.8. The number of hydrogen-bond acceptors (Lipinski definition) is 4. The average Bonchev–Trinajstić information content (AvgIpc) is 2.29. The number of rotatable bonds is 2. The van der Waals surface area contributed by atoms with Crippen LogP contribution in [0.3, 0.4) is 0 Å². The Hall–Kier alpha value is -2.42. The molecular weight excluding hydrogens is 220 g/mol. The van der Waals surface area contributed by atoms with Crippen LogP contribution in [-0.2, 0) is 9.59 Å². The van der Waals surface area contributed by atoms with Gasteiger partial charge in [-0.1, -0.05) is 0 Å². The highest BCUT2D eigenvalue weighted by molar-refractivity contribution is 6.39. The molecule has 0 saturated carbocycles. The third-order valence-electron chi connectivity index (χ3n) is 2.01. The topological polar surface area (TPSA) is 94.9 Å². The van der Waals surface area contributed by atoms with Crippen LogP contribution in [0.4, 0.5) is 5.69 Å². The fourth-order valence-electron chi connectivity index (χ4n) is 1.20. The molecule has 0 aromatic carbocycles. The first kappa shape index (κ1) is 12.6. The van der Waals surface area contributed by atoms with E-state index in [0.29, 0.717) is 11.4 Å². The summed E-state index contributed by atoms with van der Waals surface area (Å²) in [6.45, 7) is 3.37. The maximum atomic E-state index is 11.4. The molecule has 0 fully saturated rings. The summed E-state index contributed by atoms with van der Waals surface area (Å²) < 4.78 is 0. The molecule has 0 aliphatic rings. The van der Waals surface area contributed by atoms with Crippen molar-refractivity contribution in [2.75, 3.05) is 11.9 Å². The number of carbonyl (C=O) groups is 2. The Morgan fingerprint density at radius 1 is 1.35 bits per heavy atom. The number of anilines is 1.